The third kappa shape index (κ3) is 15.6. The minimum absolute atomic E-state index is 1.25. The van der Waals surface area contributed by atoms with Crippen molar-refractivity contribution in [3.8, 4) is 0 Å². The van der Waals surface area contributed by atoms with Gasteiger partial charge in [0, 0.05) is 12.8 Å². The smallest absolute Gasteiger partial charge is 0.142 e. The largest absolute Gasteiger partial charge is 0.242 e. The first-order chi connectivity index (χ1) is 9.31. The Morgan fingerprint density at radius 2 is 1.11 bits per heavy atom. The van der Waals surface area contributed by atoms with Gasteiger partial charge in [-0.25, -0.2) is 4.58 Å². The van der Waals surface area contributed by atoms with Gasteiger partial charge in [-0.1, -0.05) is 71.6 Å². The molecule has 0 rings (SSSR count). The Kier molecular flexibility index (Phi) is 15.5. The molecule has 0 amide bonds. The third-order valence-electron chi connectivity index (χ3n) is 3.86. The highest BCUT2D eigenvalue weighted by Crippen LogP contribution is 2.10. The molecule has 1 nitrogen and oxygen atoms in total. The van der Waals surface area contributed by atoms with Crippen LogP contribution in [0.25, 0.3) is 0 Å². The zero-order valence-corrected chi connectivity index (χ0v) is 13.9. The van der Waals surface area contributed by atoms with Gasteiger partial charge in [0.1, 0.15) is 19.8 Å². The first kappa shape index (κ1) is 18.7. The predicted molar refractivity (Wildman–Crippen MR) is 88.5 cm³/mol. The molecule has 0 aromatic carbocycles. The summed E-state index contributed by atoms with van der Waals surface area (Å²) in [5, 5.41) is 0. The second-order valence-corrected chi connectivity index (χ2v) is 5.99. The Bertz CT molecular complexity index is 196. The van der Waals surface area contributed by atoms with Gasteiger partial charge in [0.05, 0.1) is 0 Å². The predicted octanol–water partition coefficient (Wildman–Crippen LogP) is 5.81. The van der Waals surface area contributed by atoms with E-state index >= 15 is 0 Å². The van der Waals surface area contributed by atoms with Crippen LogP contribution in [0.1, 0.15) is 97.3 Å². The van der Waals surface area contributed by atoms with Crippen molar-refractivity contribution < 1.29 is 4.58 Å². The summed E-state index contributed by atoms with van der Waals surface area (Å²) in [4.78, 5) is 0. The van der Waals surface area contributed by atoms with E-state index in [1.807, 2.05) is 0 Å². The molecule has 1 heteroatoms. The standard InChI is InChI=1S/C18H38N/c1-4-6-8-9-10-11-12-13-14-16-18-19(3)17-15-7-5-2/h17H,4-16,18H2,1-3H3/q+1. The lowest BCUT2D eigenvalue weighted by Crippen LogP contribution is -2.08. The number of hydrogen-bond donors (Lipinski definition) is 0. The van der Waals surface area contributed by atoms with E-state index in [-0.39, 0.29) is 0 Å². The highest BCUT2D eigenvalue weighted by atomic mass is 14.9. The molecular formula is C18H38N+. The van der Waals surface area contributed by atoms with E-state index < -0.39 is 0 Å². The quantitative estimate of drug-likeness (QED) is 0.212. The summed E-state index contributed by atoms with van der Waals surface area (Å²) in [6, 6.07) is 0. The summed E-state index contributed by atoms with van der Waals surface area (Å²) in [6.07, 6.45) is 20.6. The normalized spacial score (nSPS) is 12.1. The van der Waals surface area contributed by atoms with Crippen LogP contribution in [0.4, 0.5) is 0 Å². The first-order valence-corrected chi connectivity index (χ1v) is 8.84. The van der Waals surface area contributed by atoms with Crippen molar-refractivity contribution >= 4 is 6.21 Å². The Morgan fingerprint density at radius 1 is 0.632 bits per heavy atom. The molecule has 0 spiro atoms. The summed E-state index contributed by atoms with van der Waals surface area (Å²) < 4.78 is 2.39. The maximum Gasteiger partial charge on any atom is 0.142 e. The molecule has 0 unspecified atom stereocenters. The third-order valence-corrected chi connectivity index (χ3v) is 3.86. The molecule has 0 fully saturated rings. The van der Waals surface area contributed by atoms with Gasteiger partial charge >= 0.3 is 0 Å². The van der Waals surface area contributed by atoms with Crippen LogP contribution in [0.15, 0.2) is 0 Å². The van der Waals surface area contributed by atoms with E-state index in [1.54, 1.807) is 0 Å². The fourth-order valence-corrected chi connectivity index (χ4v) is 2.46. The van der Waals surface area contributed by atoms with Crippen LogP contribution >= 0.6 is 0 Å². The lowest BCUT2D eigenvalue weighted by atomic mass is 10.1. The molecule has 0 radical (unpaired) electrons. The van der Waals surface area contributed by atoms with Gasteiger partial charge in [0.15, 0.2) is 0 Å². The van der Waals surface area contributed by atoms with Crippen molar-refractivity contribution in [1.82, 2.24) is 0 Å². The van der Waals surface area contributed by atoms with E-state index in [0.717, 1.165) is 0 Å². The van der Waals surface area contributed by atoms with E-state index in [2.05, 4.69) is 31.7 Å². The molecule has 114 valence electrons. The van der Waals surface area contributed by atoms with Gasteiger partial charge in [-0.2, -0.15) is 0 Å². The van der Waals surface area contributed by atoms with Crippen LogP contribution in [0.3, 0.4) is 0 Å². The number of nitrogens with zero attached hydrogens (tertiary/aromatic N) is 1. The van der Waals surface area contributed by atoms with Crippen LogP contribution in [-0.4, -0.2) is 24.4 Å². The average molecular weight is 269 g/mol. The molecule has 0 saturated heterocycles. The van der Waals surface area contributed by atoms with E-state index in [4.69, 9.17) is 0 Å². The highest BCUT2D eigenvalue weighted by Gasteiger charge is 1.97. The van der Waals surface area contributed by atoms with Crippen LogP contribution in [0.5, 0.6) is 0 Å². The van der Waals surface area contributed by atoms with Gasteiger partial charge < -0.3 is 0 Å². The minimum atomic E-state index is 1.25. The summed E-state index contributed by atoms with van der Waals surface area (Å²) in [6.45, 7) is 5.80. The lowest BCUT2D eigenvalue weighted by molar-refractivity contribution is -0.494. The van der Waals surface area contributed by atoms with Crippen molar-refractivity contribution in [3.63, 3.8) is 0 Å². The molecular weight excluding hydrogens is 230 g/mol. The molecule has 0 aliphatic rings. The number of rotatable bonds is 14. The minimum Gasteiger partial charge on any atom is -0.242 e. The van der Waals surface area contributed by atoms with Crippen LogP contribution in [-0.2, 0) is 0 Å². The summed E-state index contributed by atoms with van der Waals surface area (Å²) >= 11 is 0. The van der Waals surface area contributed by atoms with Crippen LogP contribution in [0, 0.1) is 0 Å². The zero-order chi connectivity index (χ0) is 14.2. The molecule has 0 heterocycles. The Labute approximate surface area is 122 Å². The van der Waals surface area contributed by atoms with Gasteiger partial charge in [-0.15, -0.1) is 0 Å². The van der Waals surface area contributed by atoms with Crippen molar-refractivity contribution in [3.05, 3.63) is 0 Å². The van der Waals surface area contributed by atoms with Crippen molar-refractivity contribution in [2.75, 3.05) is 13.6 Å². The van der Waals surface area contributed by atoms with E-state index in [1.165, 1.54) is 90.0 Å². The maximum atomic E-state index is 2.39. The molecule has 0 N–H and O–H groups in total. The highest BCUT2D eigenvalue weighted by molar-refractivity contribution is 5.50. The van der Waals surface area contributed by atoms with Gasteiger partial charge in [0.25, 0.3) is 0 Å². The van der Waals surface area contributed by atoms with Gasteiger partial charge in [0.2, 0.25) is 0 Å². The molecule has 0 aromatic rings. The van der Waals surface area contributed by atoms with Crippen molar-refractivity contribution in [1.29, 1.82) is 0 Å². The van der Waals surface area contributed by atoms with Gasteiger partial charge in [-0.05, 0) is 12.8 Å². The fourth-order valence-electron chi connectivity index (χ4n) is 2.46. The summed E-state index contributed by atoms with van der Waals surface area (Å²) in [5.74, 6) is 0. The fraction of sp³-hybridized carbons (Fsp3) is 0.944. The second-order valence-electron chi connectivity index (χ2n) is 5.99. The molecule has 0 bridgehead atoms. The molecule has 0 saturated carbocycles. The van der Waals surface area contributed by atoms with Crippen molar-refractivity contribution in [2.24, 2.45) is 0 Å². The molecule has 0 atom stereocenters. The topological polar surface area (TPSA) is 3.01 Å². The molecule has 0 aliphatic heterocycles. The summed E-state index contributed by atoms with van der Waals surface area (Å²) in [5.41, 5.74) is 0. The SMILES string of the molecule is CCCCC=[N+](C)CCCCCCCCCCCC. The number of unbranched alkanes of at least 4 members (excludes halogenated alkanes) is 11. The molecule has 19 heavy (non-hydrogen) atoms. The van der Waals surface area contributed by atoms with Gasteiger partial charge in [-0.3, -0.25) is 0 Å². The zero-order valence-electron chi connectivity index (χ0n) is 13.9. The molecule has 0 aromatic heterocycles. The van der Waals surface area contributed by atoms with Crippen molar-refractivity contribution in [2.45, 2.75) is 97.3 Å². The Morgan fingerprint density at radius 3 is 1.63 bits per heavy atom. The van der Waals surface area contributed by atoms with Crippen LogP contribution < -0.4 is 0 Å². The van der Waals surface area contributed by atoms with E-state index in [0.29, 0.717) is 0 Å². The average Bonchev–Trinajstić information content (AvgIpc) is 2.41. The summed E-state index contributed by atoms with van der Waals surface area (Å²) in [7, 11) is 2.23. The molecule has 0 aliphatic carbocycles. The van der Waals surface area contributed by atoms with Crippen LogP contribution in [0.2, 0.25) is 0 Å². The Hall–Kier alpha value is -0.330. The lowest BCUT2D eigenvalue weighted by Gasteiger charge is -2.01. The first-order valence-electron chi connectivity index (χ1n) is 8.84. The monoisotopic (exact) mass is 268 g/mol. The van der Waals surface area contributed by atoms with E-state index in [9.17, 15) is 0 Å². The Balaban J connectivity index is 3.15. The second kappa shape index (κ2) is 15.7. The number of hydrogen-bond acceptors (Lipinski definition) is 0. The maximum absolute atomic E-state index is 2.39.